The molecule has 3 heterocycles. The fourth-order valence-corrected chi connectivity index (χ4v) is 1.77. The van der Waals surface area contributed by atoms with Gasteiger partial charge in [-0.05, 0) is 19.1 Å². The summed E-state index contributed by atoms with van der Waals surface area (Å²) in [5, 5.41) is 16.1. The minimum Gasteiger partial charge on any atom is -0.264 e. The fourth-order valence-electron chi connectivity index (χ4n) is 1.77. The zero-order valence-electron chi connectivity index (χ0n) is 13.4. The summed E-state index contributed by atoms with van der Waals surface area (Å²) in [6.07, 6.45) is 10.1. The van der Waals surface area contributed by atoms with Crippen LogP contribution in [0.25, 0.3) is 0 Å². The summed E-state index contributed by atoms with van der Waals surface area (Å²) in [4.78, 5) is 12.3. The van der Waals surface area contributed by atoms with Gasteiger partial charge in [-0.25, -0.2) is 5.43 Å². The van der Waals surface area contributed by atoms with Crippen molar-refractivity contribution in [1.29, 1.82) is 0 Å². The van der Waals surface area contributed by atoms with E-state index in [1.54, 1.807) is 44.1 Å². The van der Waals surface area contributed by atoms with E-state index in [4.69, 9.17) is 0 Å². The number of nitrogens with zero attached hydrogens (tertiary/aromatic N) is 7. The maximum absolute atomic E-state index is 4.28. The first-order valence-electron chi connectivity index (χ1n) is 7.41. The lowest BCUT2D eigenvalue weighted by atomic mass is 10.3. The highest BCUT2D eigenvalue weighted by Crippen LogP contribution is 2.09. The van der Waals surface area contributed by atoms with Gasteiger partial charge in [0.15, 0.2) is 5.82 Å². The second kappa shape index (κ2) is 8.20. The smallest absolute Gasteiger partial charge is 0.264 e. The van der Waals surface area contributed by atoms with Crippen LogP contribution in [0.1, 0.15) is 16.8 Å². The molecule has 9 nitrogen and oxygen atoms in total. The molecule has 124 valence electrons. The van der Waals surface area contributed by atoms with E-state index in [0.29, 0.717) is 11.5 Å². The third-order valence-electron chi connectivity index (χ3n) is 2.99. The summed E-state index contributed by atoms with van der Waals surface area (Å²) in [5.74, 6) is 0.735. The van der Waals surface area contributed by atoms with Crippen molar-refractivity contribution in [2.45, 2.75) is 6.92 Å². The van der Waals surface area contributed by atoms with Gasteiger partial charge in [-0.2, -0.15) is 15.2 Å². The van der Waals surface area contributed by atoms with E-state index in [1.165, 1.54) is 0 Å². The van der Waals surface area contributed by atoms with Crippen LogP contribution in [0, 0.1) is 6.92 Å². The molecule has 0 unspecified atom stereocenters. The maximum Gasteiger partial charge on any atom is 0.265 e. The van der Waals surface area contributed by atoms with Crippen LogP contribution in [-0.2, 0) is 0 Å². The van der Waals surface area contributed by atoms with Gasteiger partial charge in [0.1, 0.15) is 5.69 Å². The van der Waals surface area contributed by atoms with Gasteiger partial charge in [-0.1, -0.05) is 12.1 Å². The molecule has 0 spiro atoms. The Hall–Kier alpha value is -3.75. The Labute approximate surface area is 144 Å². The van der Waals surface area contributed by atoms with Crippen LogP contribution in [0.2, 0.25) is 0 Å². The molecular weight excluding hydrogens is 318 g/mol. The largest absolute Gasteiger partial charge is 0.265 e. The van der Waals surface area contributed by atoms with Gasteiger partial charge >= 0.3 is 0 Å². The number of rotatable bonds is 6. The zero-order chi connectivity index (χ0) is 17.3. The maximum atomic E-state index is 4.28. The molecule has 3 aromatic heterocycles. The highest BCUT2D eigenvalue weighted by molar-refractivity contribution is 5.80. The van der Waals surface area contributed by atoms with Gasteiger partial charge in [0, 0.05) is 35.9 Å². The Morgan fingerprint density at radius 3 is 2.12 bits per heavy atom. The van der Waals surface area contributed by atoms with Crippen LogP contribution >= 0.6 is 0 Å². The highest BCUT2D eigenvalue weighted by atomic mass is 15.4. The number of nitrogens with one attached hydrogen (secondary N) is 2. The summed E-state index contributed by atoms with van der Waals surface area (Å²) in [6, 6.07) is 7.44. The molecule has 0 fully saturated rings. The molecule has 9 heteroatoms. The van der Waals surface area contributed by atoms with E-state index < -0.39 is 0 Å². The molecular formula is C16H15N9. The topological polar surface area (TPSA) is 113 Å². The van der Waals surface area contributed by atoms with Gasteiger partial charge in [0.05, 0.1) is 12.4 Å². The van der Waals surface area contributed by atoms with Crippen molar-refractivity contribution in [1.82, 2.24) is 25.1 Å². The number of hydrogen-bond donors (Lipinski definition) is 2. The minimum absolute atomic E-state index is 0.254. The Kier molecular flexibility index (Phi) is 5.29. The van der Waals surface area contributed by atoms with Crippen molar-refractivity contribution in [2.24, 2.45) is 10.2 Å². The van der Waals surface area contributed by atoms with Gasteiger partial charge < -0.3 is 0 Å². The van der Waals surface area contributed by atoms with Gasteiger partial charge in [-0.3, -0.25) is 15.4 Å². The zero-order valence-corrected chi connectivity index (χ0v) is 13.4. The van der Waals surface area contributed by atoms with Gasteiger partial charge in [-0.15, -0.1) is 10.2 Å². The molecule has 3 rings (SSSR count). The van der Waals surface area contributed by atoms with Crippen molar-refractivity contribution in [3.63, 3.8) is 0 Å². The Morgan fingerprint density at radius 1 is 0.880 bits per heavy atom. The highest BCUT2D eigenvalue weighted by Gasteiger charge is 2.03. The summed E-state index contributed by atoms with van der Waals surface area (Å²) in [5.41, 5.74) is 7.90. The van der Waals surface area contributed by atoms with Crippen LogP contribution in [0.5, 0.6) is 0 Å². The molecule has 0 saturated carbocycles. The number of pyridine rings is 2. The standard InChI is InChI=1S/C16H15N9/c1-12-15(23-19-10-13-4-2-6-17-8-13)21-16(25-22-12)24-20-11-14-5-3-7-18-9-14/h2-11H,1H3,(H2,21,23,24,25). The molecule has 2 N–H and O–H groups in total. The van der Waals surface area contributed by atoms with Crippen molar-refractivity contribution in [3.8, 4) is 0 Å². The third kappa shape index (κ3) is 4.86. The Balaban J connectivity index is 1.64. The predicted octanol–water partition coefficient (Wildman–Crippen LogP) is 1.86. The number of anilines is 2. The molecule has 0 bridgehead atoms. The van der Waals surface area contributed by atoms with Crippen molar-refractivity contribution < 1.29 is 0 Å². The summed E-state index contributed by atoms with van der Waals surface area (Å²) in [7, 11) is 0. The summed E-state index contributed by atoms with van der Waals surface area (Å²) in [6.45, 7) is 1.78. The van der Waals surface area contributed by atoms with Crippen molar-refractivity contribution in [2.75, 3.05) is 10.9 Å². The van der Waals surface area contributed by atoms with Crippen molar-refractivity contribution in [3.05, 3.63) is 65.9 Å². The van der Waals surface area contributed by atoms with Crippen LogP contribution in [-0.4, -0.2) is 37.6 Å². The SMILES string of the molecule is Cc1nnc(NN=Cc2cccnc2)nc1NN=Cc1cccnc1. The molecule has 0 radical (unpaired) electrons. The Bertz CT molecular complexity index is 863. The van der Waals surface area contributed by atoms with Gasteiger partial charge in [0.25, 0.3) is 5.95 Å². The molecule has 0 saturated heterocycles. The van der Waals surface area contributed by atoms with E-state index >= 15 is 0 Å². The predicted molar refractivity (Wildman–Crippen MR) is 95.5 cm³/mol. The Morgan fingerprint density at radius 2 is 1.52 bits per heavy atom. The third-order valence-corrected chi connectivity index (χ3v) is 2.99. The molecule has 0 atom stereocenters. The summed E-state index contributed by atoms with van der Waals surface area (Å²) < 4.78 is 0. The first kappa shape index (κ1) is 16.1. The average Bonchev–Trinajstić information content (AvgIpc) is 2.66. The monoisotopic (exact) mass is 333 g/mol. The normalized spacial score (nSPS) is 11.1. The number of hydrazone groups is 2. The lowest BCUT2D eigenvalue weighted by Crippen LogP contribution is -2.05. The van der Waals surface area contributed by atoms with E-state index in [0.717, 1.165) is 11.1 Å². The molecule has 0 amide bonds. The second-order valence-corrected chi connectivity index (χ2v) is 4.88. The van der Waals surface area contributed by atoms with Crippen LogP contribution < -0.4 is 10.9 Å². The lowest BCUT2D eigenvalue weighted by molar-refractivity contribution is 0.922. The van der Waals surface area contributed by atoms with E-state index in [1.807, 2.05) is 24.3 Å². The quantitative estimate of drug-likeness (QED) is 0.523. The molecule has 0 aliphatic carbocycles. The van der Waals surface area contributed by atoms with Crippen LogP contribution in [0.15, 0.2) is 59.3 Å². The van der Waals surface area contributed by atoms with Gasteiger partial charge in [0.2, 0.25) is 0 Å². The second-order valence-electron chi connectivity index (χ2n) is 4.88. The fraction of sp³-hybridized carbons (Fsp3) is 0.0625. The van der Waals surface area contributed by atoms with Crippen LogP contribution in [0.4, 0.5) is 11.8 Å². The molecule has 25 heavy (non-hydrogen) atoms. The molecule has 0 aromatic carbocycles. The first-order chi connectivity index (χ1) is 12.3. The molecule has 0 aliphatic rings. The number of aromatic nitrogens is 5. The average molecular weight is 333 g/mol. The first-order valence-corrected chi connectivity index (χ1v) is 7.41. The molecule has 3 aromatic rings. The number of hydrogen-bond acceptors (Lipinski definition) is 9. The van der Waals surface area contributed by atoms with E-state index in [2.05, 4.69) is 46.2 Å². The van der Waals surface area contributed by atoms with E-state index in [9.17, 15) is 0 Å². The number of aryl methyl sites for hydroxylation is 1. The lowest BCUT2D eigenvalue weighted by Gasteiger charge is -2.04. The minimum atomic E-state index is 0.254. The van der Waals surface area contributed by atoms with E-state index in [-0.39, 0.29) is 5.95 Å². The van der Waals surface area contributed by atoms with Crippen LogP contribution in [0.3, 0.4) is 0 Å². The molecule has 0 aliphatic heterocycles. The van der Waals surface area contributed by atoms with Crippen molar-refractivity contribution >= 4 is 24.2 Å². The summed E-state index contributed by atoms with van der Waals surface area (Å²) >= 11 is 0.